The summed E-state index contributed by atoms with van der Waals surface area (Å²) < 4.78 is 0. The number of amides is 1. The van der Waals surface area contributed by atoms with E-state index in [1.165, 1.54) is 37.3 Å². The Morgan fingerprint density at radius 3 is 2.28 bits per heavy atom. The molecule has 0 atom stereocenters. The summed E-state index contributed by atoms with van der Waals surface area (Å²) in [5, 5.41) is 5.99. The van der Waals surface area contributed by atoms with Crippen molar-refractivity contribution in [3.8, 4) is 0 Å². The molecule has 0 aliphatic carbocycles. The fourth-order valence-corrected chi connectivity index (χ4v) is 2.89. The quantitative estimate of drug-likeness (QED) is 0.874. The minimum atomic E-state index is -0.160. The van der Waals surface area contributed by atoms with Crippen molar-refractivity contribution >= 4 is 23.2 Å². The summed E-state index contributed by atoms with van der Waals surface area (Å²) >= 11 is 0. The lowest BCUT2D eigenvalue weighted by Gasteiger charge is -2.28. The van der Waals surface area contributed by atoms with Crippen molar-refractivity contribution in [3.63, 3.8) is 0 Å². The van der Waals surface area contributed by atoms with Crippen LogP contribution in [0.3, 0.4) is 0 Å². The molecule has 2 heterocycles. The fourth-order valence-electron chi connectivity index (χ4n) is 2.89. The highest BCUT2D eigenvalue weighted by molar-refractivity contribution is 5.93. The van der Waals surface area contributed by atoms with Crippen molar-refractivity contribution in [1.29, 1.82) is 0 Å². The fraction of sp³-hybridized carbons (Fsp3) is 0.421. The molecule has 1 aromatic heterocycles. The Balaban J connectivity index is 1.61. The molecule has 2 N–H and O–H groups in total. The molecule has 0 radical (unpaired) electrons. The number of benzene rings is 1. The number of piperidine rings is 1. The first-order valence-electron chi connectivity index (χ1n) is 8.87. The number of hydrogen-bond donors (Lipinski definition) is 2. The SMILES string of the molecule is CC(C)NC(=O)c1cnc(Nc2ccc(N3CCCCC3)cc2)nc1. The van der Waals surface area contributed by atoms with Crippen molar-refractivity contribution in [2.24, 2.45) is 0 Å². The molecule has 6 nitrogen and oxygen atoms in total. The predicted octanol–water partition coefficient (Wildman–Crippen LogP) is 3.35. The molecule has 3 rings (SSSR count). The Morgan fingerprint density at radius 1 is 1.04 bits per heavy atom. The van der Waals surface area contributed by atoms with Crippen LogP contribution in [0.1, 0.15) is 43.5 Å². The van der Waals surface area contributed by atoms with Crippen molar-refractivity contribution < 1.29 is 4.79 Å². The summed E-state index contributed by atoms with van der Waals surface area (Å²) in [5.74, 6) is 0.319. The normalized spacial score (nSPS) is 14.4. The molecule has 0 saturated carbocycles. The first-order valence-corrected chi connectivity index (χ1v) is 8.87. The Labute approximate surface area is 148 Å². The van der Waals surface area contributed by atoms with Crippen molar-refractivity contribution in [1.82, 2.24) is 15.3 Å². The smallest absolute Gasteiger partial charge is 0.254 e. The van der Waals surface area contributed by atoms with E-state index in [1.807, 2.05) is 26.0 Å². The summed E-state index contributed by atoms with van der Waals surface area (Å²) in [7, 11) is 0. The maximum absolute atomic E-state index is 11.9. The molecule has 6 heteroatoms. The van der Waals surface area contributed by atoms with Gasteiger partial charge < -0.3 is 15.5 Å². The third-order valence-corrected chi connectivity index (χ3v) is 4.18. The van der Waals surface area contributed by atoms with E-state index in [9.17, 15) is 4.79 Å². The van der Waals surface area contributed by atoms with E-state index in [0.29, 0.717) is 11.5 Å². The van der Waals surface area contributed by atoms with E-state index in [2.05, 4.69) is 37.6 Å². The van der Waals surface area contributed by atoms with Crippen LogP contribution in [0.25, 0.3) is 0 Å². The predicted molar refractivity (Wildman–Crippen MR) is 100 cm³/mol. The van der Waals surface area contributed by atoms with Crippen LogP contribution in [0, 0.1) is 0 Å². The Bertz CT molecular complexity index is 691. The van der Waals surface area contributed by atoms with Crippen LogP contribution in [0.5, 0.6) is 0 Å². The average Bonchev–Trinajstić information content (AvgIpc) is 2.63. The minimum Gasteiger partial charge on any atom is -0.372 e. The molecule has 1 aromatic carbocycles. The summed E-state index contributed by atoms with van der Waals surface area (Å²) in [5.41, 5.74) is 2.65. The van der Waals surface area contributed by atoms with Gasteiger partial charge in [-0.05, 0) is 57.4 Å². The van der Waals surface area contributed by atoms with Gasteiger partial charge in [0, 0.05) is 42.9 Å². The monoisotopic (exact) mass is 339 g/mol. The molecule has 25 heavy (non-hydrogen) atoms. The standard InChI is InChI=1S/C19H25N5O/c1-14(2)22-18(25)15-12-20-19(21-13-15)23-16-6-8-17(9-7-16)24-10-4-3-5-11-24/h6-9,12-14H,3-5,10-11H2,1-2H3,(H,22,25)(H,20,21,23). The van der Waals surface area contributed by atoms with E-state index in [4.69, 9.17) is 0 Å². The highest BCUT2D eigenvalue weighted by atomic mass is 16.1. The van der Waals surface area contributed by atoms with Crippen LogP contribution < -0.4 is 15.5 Å². The maximum Gasteiger partial charge on any atom is 0.254 e. The van der Waals surface area contributed by atoms with Gasteiger partial charge in [0.1, 0.15) is 0 Å². The summed E-state index contributed by atoms with van der Waals surface area (Å²) in [6, 6.07) is 8.40. The van der Waals surface area contributed by atoms with E-state index < -0.39 is 0 Å². The average molecular weight is 339 g/mol. The lowest BCUT2D eigenvalue weighted by Crippen LogP contribution is -2.30. The Morgan fingerprint density at radius 2 is 1.68 bits per heavy atom. The number of carbonyl (C=O) groups excluding carboxylic acids is 1. The largest absolute Gasteiger partial charge is 0.372 e. The van der Waals surface area contributed by atoms with Crippen LogP contribution in [-0.2, 0) is 0 Å². The van der Waals surface area contributed by atoms with Crippen molar-refractivity contribution in [2.75, 3.05) is 23.3 Å². The summed E-state index contributed by atoms with van der Waals surface area (Å²) in [4.78, 5) is 22.8. The molecular formula is C19H25N5O. The van der Waals surface area contributed by atoms with Gasteiger partial charge in [-0.15, -0.1) is 0 Å². The van der Waals surface area contributed by atoms with E-state index >= 15 is 0 Å². The molecule has 1 aliphatic rings. The van der Waals surface area contributed by atoms with Crippen LogP contribution in [0.15, 0.2) is 36.7 Å². The van der Waals surface area contributed by atoms with Crippen molar-refractivity contribution in [3.05, 3.63) is 42.2 Å². The van der Waals surface area contributed by atoms with Crippen LogP contribution >= 0.6 is 0 Å². The van der Waals surface area contributed by atoms with E-state index in [1.54, 1.807) is 0 Å². The number of aromatic nitrogens is 2. The number of nitrogens with zero attached hydrogens (tertiary/aromatic N) is 3. The second-order valence-corrected chi connectivity index (χ2v) is 6.64. The molecule has 1 aliphatic heterocycles. The van der Waals surface area contributed by atoms with Crippen molar-refractivity contribution in [2.45, 2.75) is 39.2 Å². The van der Waals surface area contributed by atoms with Gasteiger partial charge in [0.05, 0.1) is 5.56 Å². The first kappa shape index (κ1) is 17.2. The van der Waals surface area contributed by atoms with Gasteiger partial charge in [0.15, 0.2) is 0 Å². The van der Waals surface area contributed by atoms with Gasteiger partial charge >= 0.3 is 0 Å². The number of carbonyl (C=O) groups is 1. The zero-order valence-electron chi connectivity index (χ0n) is 14.8. The molecule has 0 unspecified atom stereocenters. The molecule has 0 spiro atoms. The third kappa shape index (κ3) is 4.68. The lowest BCUT2D eigenvalue weighted by atomic mass is 10.1. The zero-order valence-corrected chi connectivity index (χ0v) is 14.8. The number of anilines is 3. The first-order chi connectivity index (χ1) is 12.1. The lowest BCUT2D eigenvalue weighted by molar-refractivity contribution is 0.0942. The van der Waals surface area contributed by atoms with Gasteiger partial charge in [0.25, 0.3) is 5.91 Å². The number of nitrogens with one attached hydrogen (secondary N) is 2. The van der Waals surface area contributed by atoms with Gasteiger partial charge in [-0.1, -0.05) is 0 Å². The van der Waals surface area contributed by atoms with Gasteiger partial charge in [0.2, 0.25) is 5.95 Å². The maximum atomic E-state index is 11.9. The highest BCUT2D eigenvalue weighted by Gasteiger charge is 2.11. The molecule has 1 amide bonds. The number of rotatable bonds is 5. The Kier molecular flexibility index (Phi) is 5.48. The summed E-state index contributed by atoms with van der Waals surface area (Å²) in [6.45, 7) is 6.11. The minimum absolute atomic E-state index is 0.0868. The molecular weight excluding hydrogens is 314 g/mol. The second-order valence-electron chi connectivity index (χ2n) is 6.64. The molecule has 2 aromatic rings. The number of hydrogen-bond acceptors (Lipinski definition) is 5. The highest BCUT2D eigenvalue weighted by Crippen LogP contribution is 2.22. The molecule has 1 fully saturated rings. The Hall–Kier alpha value is -2.63. The van der Waals surface area contributed by atoms with E-state index in [-0.39, 0.29) is 11.9 Å². The molecule has 0 bridgehead atoms. The second kappa shape index (κ2) is 7.96. The van der Waals surface area contributed by atoms with Gasteiger partial charge in [-0.3, -0.25) is 4.79 Å². The molecule has 132 valence electrons. The summed E-state index contributed by atoms with van der Waals surface area (Å²) in [6.07, 6.45) is 6.94. The van der Waals surface area contributed by atoms with Crippen LogP contribution in [0.4, 0.5) is 17.3 Å². The van der Waals surface area contributed by atoms with Crippen LogP contribution in [-0.4, -0.2) is 35.0 Å². The zero-order chi connectivity index (χ0) is 17.6. The third-order valence-electron chi connectivity index (χ3n) is 4.18. The van der Waals surface area contributed by atoms with Crippen LogP contribution in [0.2, 0.25) is 0 Å². The molecule has 1 saturated heterocycles. The van der Waals surface area contributed by atoms with Gasteiger partial charge in [-0.25, -0.2) is 9.97 Å². The van der Waals surface area contributed by atoms with Gasteiger partial charge in [-0.2, -0.15) is 0 Å². The van der Waals surface area contributed by atoms with E-state index in [0.717, 1.165) is 18.8 Å². The topological polar surface area (TPSA) is 70.2 Å².